The van der Waals surface area contributed by atoms with Crippen LogP contribution in [0.4, 0.5) is 5.69 Å². The van der Waals surface area contributed by atoms with E-state index in [1.54, 1.807) is 24.7 Å². The molecule has 0 radical (unpaired) electrons. The molecule has 0 atom stereocenters. The van der Waals surface area contributed by atoms with Crippen LogP contribution < -0.4 is 10.7 Å². The molecule has 0 unspecified atom stereocenters. The highest BCUT2D eigenvalue weighted by Crippen LogP contribution is 2.25. The van der Waals surface area contributed by atoms with Crippen molar-refractivity contribution in [2.45, 2.75) is 27.3 Å². The van der Waals surface area contributed by atoms with Crippen LogP contribution in [0.1, 0.15) is 32.7 Å². The number of hydrogen-bond acceptors (Lipinski definition) is 4. The van der Waals surface area contributed by atoms with Crippen molar-refractivity contribution in [2.24, 2.45) is 0 Å². The Balaban J connectivity index is 1.89. The van der Waals surface area contributed by atoms with Crippen molar-refractivity contribution in [1.82, 2.24) is 14.5 Å². The minimum Gasteiger partial charge on any atom is -0.338 e. The number of pyridine rings is 3. The SMILES string of the molecule is Cc1cccc(NC(=O)c2c(-c3ccccn3)n(Cc3cccnc3)c(C)cc2=O)c1C. The molecule has 160 valence electrons. The van der Waals surface area contributed by atoms with Crippen molar-refractivity contribution in [3.05, 3.63) is 111 Å². The summed E-state index contributed by atoms with van der Waals surface area (Å²) < 4.78 is 1.94. The maximum absolute atomic E-state index is 13.4. The molecule has 0 aliphatic carbocycles. The molecule has 0 aliphatic rings. The van der Waals surface area contributed by atoms with Crippen LogP contribution in [0.2, 0.25) is 0 Å². The van der Waals surface area contributed by atoms with E-state index in [0.717, 1.165) is 22.4 Å². The lowest BCUT2D eigenvalue weighted by Crippen LogP contribution is -2.27. The van der Waals surface area contributed by atoms with Crippen molar-refractivity contribution >= 4 is 11.6 Å². The number of hydrogen-bond donors (Lipinski definition) is 1. The van der Waals surface area contributed by atoms with E-state index in [2.05, 4.69) is 15.3 Å². The van der Waals surface area contributed by atoms with Gasteiger partial charge in [0.1, 0.15) is 5.56 Å². The Labute approximate surface area is 186 Å². The molecule has 0 saturated heterocycles. The highest BCUT2D eigenvalue weighted by molar-refractivity contribution is 6.08. The van der Waals surface area contributed by atoms with Gasteiger partial charge >= 0.3 is 0 Å². The molecule has 1 aromatic carbocycles. The molecule has 0 fully saturated rings. The third kappa shape index (κ3) is 4.21. The first-order valence-electron chi connectivity index (χ1n) is 10.4. The fourth-order valence-electron chi connectivity index (χ4n) is 3.71. The van der Waals surface area contributed by atoms with E-state index >= 15 is 0 Å². The van der Waals surface area contributed by atoms with E-state index < -0.39 is 5.91 Å². The summed E-state index contributed by atoms with van der Waals surface area (Å²) >= 11 is 0. The minimum absolute atomic E-state index is 0.0686. The maximum Gasteiger partial charge on any atom is 0.261 e. The number of nitrogens with zero attached hydrogens (tertiary/aromatic N) is 3. The summed E-state index contributed by atoms with van der Waals surface area (Å²) in [6.45, 7) is 6.24. The topological polar surface area (TPSA) is 76.9 Å². The summed E-state index contributed by atoms with van der Waals surface area (Å²) in [5.41, 5.74) is 5.17. The van der Waals surface area contributed by atoms with Gasteiger partial charge in [-0.2, -0.15) is 0 Å². The number of nitrogens with one attached hydrogen (secondary N) is 1. The molecule has 1 amide bonds. The van der Waals surface area contributed by atoms with Crippen LogP contribution in [0.25, 0.3) is 11.4 Å². The number of rotatable bonds is 5. The number of carbonyl (C=O) groups is 1. The molecule has 3 aromatic heterocycles. The van der Waals surface area contributed by atoms with Gasteiger partial charge in [-0.05, 0) is 61.7 Å². The van der Waals surface area contributed by atoms with E-state index in [4.69, 9.17) is 0 Å². The fraction of sp³-hybridized carbons (Fsp3) is 0.154. The van der Waals surface area contributed by atoms with Gasteiger partial charge in [-0.3, -0.25) is 19.6 Å². The van der Waals surface area contributed by atoms with Crippen molar-refractivity contribution in [1.29, 1.82) is 0 Å². The molecule has 4 rings (SSSR count). The lowest BCUT2D eigenvalue weighted by molar-refractivity contribution is 0.102. The molecule has 0 saturated carbocycles. The van der Waals surface area contributed by atoms with Crippen LogP contribution >= 0.6 is 0 Å². The minimum atomic E-state index is -0.454. The van der Waals surface area contributed by atoms with Crippen molar-refractivity contribution in [3.8, 4) is 11.4 Å². The number of benzene rings is 1. The van der Waals surface area contributed by atoms with Crippen LogP contribution in [-0.2, 0) is 6.54 Å². The molecule has 6 nitrogen and oxygen atoms in total. The molecule has 0 bridgehead atoms. The molecule has 6 heteroatoms. The molecular weight excluding hydrogens is 400 g/mol. The van der Waals surface area contributed by atoms with Crippen LogP contribution in [0, 0.1) is 20.8 Å². The first kappa shape index (κ1) is 21.2. The van der Waals surface area contributed by atoms with Gasteiger partial charge in [-0.15, -0.1) is 0 Å². The fourth-order valence-corrected chi connectivity index (χ4v) is 3.71. The first-order valence-corrected chi connectivity index (χ1v) is 10.4. The van der Waals surface area contributed by atoms with E-state index in [9.17, 15) is 9.59 Å². The molecule has 4 aromatic rings. The summed E-state index contributed by atoms with van der Waals surface area (Å²) in [5.74, 6) is -0.454. The Morgan fingerprint density at radius 1 is 1.00 bits per heavy atom. The van der Waals surface area contributed by atoms with E-state index in [1.165, 1.54) is 6.07 Å². The second-order valence-corrected chi connectivity index (χ2v) is 7.74. The third-order valence-corrected chi connectivity index (χ3v) is 5.57. The Morgan fingerprint density at radius 2 is 1.84 bits per heavy atom. The van der Waals surface area contributed by atoms with Gasteiger partial charge < -0.3 is 9.88 Å². The molecule has 1 N–H and O–H groups in total. The normalized spacial score (nSPS) is 10.7. The van der Waals surface area contributed by atoms with Gasteiger partial charge in [0.05, 0.1) is 11.4 Å². The van der Waals surface area contributed by atoms with Gasteiger partial charge in [-0.25, -0.2) is 0 Å². The number of amides is 1. The summed E-state index contributed by atoms with van der Waals surface area (Å²) in [6, 6.07) is 16.5. The van der Waals surface area contributed by atoms with E-state index in [0.29, 0.717) is 23.6 Å². The number of aromatic nitrogens is 3. The highest BCUT2D eigenvalue weighted by Gasteiger charge is 2.23. The van der Waals surface area contributed by atoms with Crippen molar-refractivity contribution in [3.63, 3.8) is 0 Å². The zero-order valence-corrected chi connectivity index (χ0v) is 18.3. The van der Waals surface area contributed by atoms with Crippen molar-refractivity contribution < 1.29 is 4.79 Å². The summed E-state index contributed by atoms with van der Waals surface area (Å²) in [5, 5.41) is 2.94. The van der Waals surface area contributed by atoms with Gasteiger partial charge in [0, 0.05) is 42.6 Å². The van der Waals surface area contributed by atoms with E-state index in [1.807, 2.05) is 67.8 Å². The zero-order chi connectivity index (χ0) is 22.7. The maximum atomic E-state index is 13.4. The second kappa shape index (κ2) is 8.98. The molecular formula is C26H24N4O2. The third-order valence-electron chi connectivity index (χ3n) is 5.57. The van der Waals surface area contributed by atoms with Crippen LogP contribution in [0.5, 0.6) is 0 Å². The van der Waals surface area contributed by atoms with Crippen molar-refractivity contribution in [2.75, 3.05) is 5.32 Å². The Kier molecular flexibility index (Phi) is 5.94. The molecule has 3 heterocycles. The van der Waals surface area contributed by atoms with Crippen LogP contribution in [0.15, 0.2) is 78.0 Å². The van der Waals surface area contributed by atoms with Crippen LogP contribution in [-0.4, -0.2) is 20.4 Å². The largest absolute Gasteiger partial charge is 0.338 e. The number of carbonyl (C=O) groups excluding carboxylic acids is 1. The molecule has 32 heavy (non-hydrogen) atoms. The smallest absolute Gasteiger partial charge is 0.261 e. The average molecular weight is 425 g/mol. The summed E-state index contributed by atoms with van der Waals surface area (Å²) in [7, 11) is 0. The molecule has 0 spiro atoms. The zero-order valence-electron chi connectivity index (χ0n) is 18.3. The van der Waals surface area contributed by atoms with Gasteiger partial charge in [-0.1, -0.05) is 24.3 Å². The number of anilines is 1. The Bertz CT molecular complexity index is 1330. The lowest BCUT2D eigenvalue weighted by Gasteiger charge is -2.20. The molecule has 0 aliphatic heterocycles. The summed E-state index contributed by atoms with van der Waals surface area (Å²) in [6.07, 6.45) is 5.14. The van der Waals surface area contributed by atoms with Crippen LogP contribution in [0.3, 0.4) is 0 Å². The van der Waals surface area contributed by atoms with Gasteiger partial charge in [0.2, 0.25) is 0 Å². The van der Waals surface area contributed by atoms with E-state index in [-0.39, 0.29) is 11.0 Å². The lowest BCUT2D eigenvalue weighted by atomic mass is 10.0. The highest BCUT2D eigenvalue weighted by atomic mass is 16.2. The quantitative estimate of drug-likeness (QED) is 0.511. The standard InChI is InChI=1S/C26H24N4O2/c1-17-8-6-11-21(19(17)3)29-26(32)24-23(31)14-18(2)30(16-20-9-7-12-27-15-20)25(24)22-10-4-5-13-28-22/h4-15H,16H2,1-3H3,(H,29,32). The average Bonchev–Trinajstić information content (AvgIpc) is 2.79. The monoisotopic (exact) mass is 424 g/mol. The second-order valence-electron chi connectivity index (χ2n) is 7.74. The first-order chi connectivity index (χ1) is 15.5. The predicted octanol–water partition coefficient (Wildman–Crippen LogP) is 4.53. The van der Waals surface area contributed by atoms with Gasteiger partial charge in [0.15, 0.2) is 5.43 Å². The Hall–Kier alpha value is -4.06. The number of aryl methyl sites for hydroxylation is 2. The van der Waals surface area contributed by atoms with Gasteiger partial charge in [0.25, 0.3) is 5.91 Å². The predicted molar refractivity (Wildman–Crippen MR) is 126 cm³/mol. The Morgan fingerprint density at radius 3 is 2.56 bits per heavy atom. The summed E-state index contributed by atoms with van der Waals surface area (Å²) in [4.78, 5) is 35.2.